The second-order valence-electron chi connectivity index (χ2n) is 7.58. The van der Waals surface area contributed by atoms with Gasteiger partial charge in [0.05, 0.1) is 17.2 Å². The molecule has 0 radical (unpaired) electrons. The summed E-state index contributed by atoms with van der Waals surface area (Å²) in [7, 11) is 0. The molecule has 3 atom stereocenters. The van der Waals surface area contributed by atoms with Gasteiger partial charge in [-0.15, -0.1) is 0 Å². The smallest absolute Gasteiger partial charge is 0.222 e. The predicted octanol–water partition coefficient (Wildman–Crippen LogP) is 2.05. The molecule has 6 nitrogen and oxygen atoms in total. The van der Waals surface area contributed by atoms with Crippen LogP contribution in [0.2, 0.25) is 0 Å². The fraction of sp³-hybridized carbons (Fsp3) is 0.333. The first kappa shape index (κ1) is 16.5. The quantitative estimate of drug-likeness (QED) is 0.668. The summed E-state index contributed by atoms with van der Waals surface area (Å²) >= 11 is 0. The van der Waals surface area contributed by atoms with Gasteiger partial charge in [-0.05, 0) is 24.6 Å². The van der Waals surface area contributed by atoms with Crippen molar-refractivity contribution in [2.24, 2.45) is 5.92 Å². The number of nitrogens with zero attached hydrogens (tertiary/aromatic N) is 2. The largest absolute Gasteiger partial charge is 0.339 e. The van der Waals surface area contributed by atoms with Gasteiger partial charge in [0.2, 0.25) is 5.91 Å². The van der Waals surface area contributed by atoms with E-state index in [2.05, 4.69) is 70.1 Å². The number of imidazole rings is 1. The number of carbonyl (C=O) groups is 1. The van der Waals surface area contributed by atoms with Crippen LogP contribution in [0.25, 0.3) is 11.0 Å². The lowest BCUT2D eigenvalue weighted by Crippen LogP contribution is -2.52. The molecule has 2 aliphatic heterocycles. The number of piperidine rings is 1. The predicted molar refractivity (Wildman–Crippen MR) is 104 cm³/mol. The van der Waals surface area contributed by atoms with Crippen molar-refractivity contribution in [3.63, 3.8) is 0 Å². The van der Waals surface area contributed by atoms with Crippen molar-refractivity contribution in [1.29, 1.82) is 0 Å². The highest BCUT2D eigenvalue weighted by Gasteiger charge is 2.42. The van der Waals surface area contributed by atoms with Crippen LogP contribution in [0.1, 0.15) is 29.3 Å². The van der Waals surface area contributed by atoms with Gasteiger partial charge in [-0.25, -0.2) is 10.4 Å². The van der Waals surface area contributed by atoms with E-state index in [1.165, 1.54) is 11.1 Å². The standard InChI is InChI=1S/C21H23N5O/c1-13-6-8-14(9-7-13)12-26-18-5-3-2-4-17(18)23-21(26)15-10-19(27)24-20-16(15)11-22-25-20/h2-9,15-16,20,22,25H,10-12H2,1H3,(H,24,27). The fourth-order valence-electron chi connectivity index (χ4n) is 4.31. The number of aromatic nitrogens is 2. The molecule has 1 amide bonds. The molecule has 2 saturated heterocycles. The third kappa shape index (κ3) is 2.91. The summed E-state index contributed by atoms with van der Waals surface area (Å²) in [4.78, 5) is 17.3. The van der Waals surface area contributed by atoms with Gasteiger partial charge >= 0.3 is 0 Å². The van der Waals surface area contributed by atoms with Crippen LogP contribution in [0, 0.1) is 12.8 Å². The maximum absolute atomic E-state index is 12.3. The van der Waals surface area contributed by atoms with E-state index in [0.29, 0.717) is 6.42 Å². The number of amides is 1. The highest BCUT2D eigenvalue weighted by Crippen LogP contribution is 2.35. The first-order valence-electron chi connectivity index (χ1n) is 9.47. The van der Waals surface area contributed by atoms with Crippen molar-refractivity contribution in [1.82, 2.24) is 25.7 Å². The number of rotatable bonds is 3. The molecule has 0 spiro atoms. The van der Waals surface area contributed by atoms with Crippen molar-refractivity contribution in [2.75, 3.05) is 6.54 Å². The Labute approximate surface area is 157 Å². The van der Waals surface area contributed by atoms with Crippen LogP contribution >= 0.6 is 0 Å². The minimum Gasteiger partial charge on any atom is -0.339 e. The molecule has 3 heterocycles. The molecule has 1 aromatic heterocycles. The maximum atomic E-state index is 12.3. The molecule has 2 fully saturated rings. The number of hydrogen-bond acceptors (Lipinski definition) is 4. The molecule has 27 heavy (non-hydrogen) atoms. The highest BCUT2D eigenvalue weighted by atomic mass is 16.2. The first-order chi connectivity index (χ1) is 13.2. The number of benzene rings is 2. The Hall–Kier alpha value is -2.70. The van der Waals surface area contributed by atoms with Crippen molar-refractivity contribution in [3.05, 3.63) is 65.5 Å². The zero-order chi connectivity index (χ0) is 18.4. The molecule has 0 bridgehead atoms. The van der Waals surface area contributed by atoms with Gasteiger partial charge in [-0.3, -0.25) is 10.2 Å². The first-order valence-corrected chi connectivity index (χ1v) is 9.47. The van der Waals surface area contributed by atoms with Crippen LogP contribution in [-0.4, -0.2) is 28.2 Å². The number of fused-ring (bicyclic) bond motifs is 2. The second kappa shape index (κ2) is 6.48. The third-order valence-corrected chi connectivity index (χ3v) is 5.74. The van der Waals surface area contributed by atoms with Crippen molar-refractivity contribution >= 4 is 16.9 Å². The molecule has 2 aromatic carbocycles. The minimum absolute atomic E-state index is 0.0381. The van der Waals surface area contributed by atoms with E-state index in [-0.39, 0.29) is 23.9 Å². The van der Waals surface area contributed by atoms with E-state index in [1.54, 1.807) is 0 Å². The molecule has 6 heteroatoms. The zero-order valence-electron chi connectivity index (χ0n) is 15.3. The van der Waals surface area contributed by atoms with Gasteiger partial charge in [-0.2, -0.15) is 0 Å². The number of carbonyl (C=O) groups excluding carboxylic acids is 1. The van der Waals surface area contributed by atoms with Crippen molar-refractivity contribution < 1.29 is 4.79 Å². The summed E-state index contributed by atoms with van der Waals surface area (Å²) in [6, 6.07) is 16.9. The number of para-hydroxylation sites is 2. The topological polar surface area (TPSA) is 71.0 Å². The lowest BCUT2D eigenvalue weighted by atomic mass is 9.83. The molecule has 3 N–H and O–H groups in total. The Morgan fingerprint density at radius 3 is 2.81 bits per heavy atom. The molecule has 3 aromatic rings. The average molecular weight is 361 g/mol. The highest BCUT2D eigenvalue weighted by molar-refractivity contribution is 5.80. The molecule has 3 unspecified atom stereocenters. The van der Waals surface area contributed by atoms with E-state index in [4.69, 9.17) is 4.98 Å². The lowest BCUT2D eigenvalue weighted by molar-refractivity contribution is -0.125. The normalized spacial score (nSPS) is 24.8. The monoisotopic (exact) mass is 361 g/mol. The zero-order valence-corrected chi connectivity index (χ0v) is 15.3. The van der Waals surface area contributed by atoms with E-state index in [0.717, 1.165) is 29.9 Å². The van der Waals surface area contributed by atoms with Crippen molar-refractivity contribution in [3.8, 4) is 0 Å². The summed E-state index contributed by atoms with van der Waals surface area (Å²) in [5.41, 5.74) is 11.0. The maximum Gasteiger partial charge on any atom is 0.222 e. The van der Waals surface area contributed by atoms with E-state index in [9.17, 15) is 4.79 Å². The fourth-order valence-corrected chi connectivity index (χ4v) is 4.31. The Bertz CT molecular complexity index is 993. The van der Waals surface area contributed by atoms with Crippen LogP contribution in [-0.2, 0) is 11.3 Å². The van der Waals surface area contributed by atoms with Crippen LogP contribution in [0.15, 0.2) is 48.5 Å². The van der Waals surface area contributed by atoms with Crippen LogP contribution in [0.3, 0.4) is 0 Å². The Balaban J connectivity index is 1.61. The molecular weight excluding hydrogens is 338 g/mol. The molecule has 2 aliphatic rings. The molecule has 0 aliphatic carbocycles. The summed E-state index contributed by atoms with van der Waals surface area (Å²) in [5, 5.41) is 3.04. The minimum atomic E-state index is -0.0381. The number of aryl methyl sites for hydroxylation is 1. The molecule has 138 valence electrons. The number of nitrogens with one attached hydrogen (secondary N) is 3. The summed E-state index contributed by atoms with van der Waals surface area (Å²) in [6.45, 7) is 3.68. The summed E-state index contributed by atoms with van der Waals surface area (Å²) < 4.78 is 2.29. The van der Waals surface area contributed by atoms with Gasteiger partial charge in [0.15, 0.2) is 0 Å². The SMILES string of the molecule is Cc1ccc(Cn2c(C3CC(=O)NC4NNCC43)nc3ccccc32)cc1. The molecular formula is C21H23N5O. The third-order valence-electron chi connectivity index (χ3n) is 5.74. The van der Waals surface area contributed by atoms with E-state index < -0.39 is 0 Å². The van der Waals surface area contributed by atoms with E-state index in [1.807, 2.05) is 6.07 Å². The van der Waals surface area contributed by atoms with E-state index >= 15 is 0 Å². The summed E-state index contributed by atoms with van der Waals surface area (Å²) in [6.07, 6.45) is 0.436. The van der Waals surface area contributed by atoms with Gasteiger partial charge in [0.25, 0.3) is 0 Å². The van der Waals surface area contributed by atoms with Crippen LogP contribution < -0.4 is 16.2 Å². The van der Waals surface area contributed by atoms with Crippen molar-refractivity contribution in [2.45, 2.75) is 32.0 Å². The Morgan fingerprint density at radius 2 is 1.96 bits per heavy atom. The number of hydrogen-bond donors (Lipinski definition) is 3. The van der Waals surface area contributed by atoms with Gasteiger partial charge in [-0.1, -0.05) is 42.0 Å². The lowest BCUT2D eigenvalue weighted by Gasteiger charge is -2.32. The Morgan fingerprint density at radius 1 is 1.15 bits per heavy atom. The molecule has 5 rings (SSSR count). The van der Waals surface area contributed by atoms with Gasteiger partial charge in [0.1, 0.15) is 5.82 Å². The second-order valence-corrected chi connectivity index (χ2v) is 7.58. The van der Waals surface area contributed by atoms with Crippen LogP contribution in [0.5, 0.6) is 0 Å². The Kier molecular flexibility index (Phi) is 3.95. The molecule has 0 saturated carbocycles. The van der Waals surface area contributed by atoms with Crippen LogP contribution in [0.4, 0.5) is 0 Å². The average Bonchev–Trinajstić information content (AvgIpc) is 3.28. The van der Waals surface area contributed by atoms with Gasteiger partial charge in [0, 0.05) is 31.3 Å². The number of hydrazine groups is 1. The van der Waals surface area contributed by atoms with Gasteiger partial charge < -0.3 is 9.88 Å². The summed E-state index contributed by atoms with van der Waals surface area (Å²) in [5.74, 6) is 1.46.